The number of hydrogen-bond acceptors (Lipinski definition) is 2. The number of aliphatic hydroxyl groups is 1. The van der Waals surface area contributed by atoms with Crippen LogP contribution in [0, 0.1) is 6.42 Å². The van der Waals surface area contributed by atoms with Gasteiger partial charge in [0.1, 0.15) is 5.75 Å². The van der Waals surface area contributed by atoms with Gasteiger partial charge in [0.05, 0.1) is 12.7 Å². The van der Waals surface area contributed by atoms with Gasteiger partial charge in [0.2, 0.25) is 0 Å². The average Bonchev–Trinajstić information content (AvgIpc) is 2.35. The fourth-order valence-electron chi connectivity index (χ4n) is 1.71. The first-order valence-corrected chi connectivity index (χ1v) is 6.44. The molecule has 95 valence electrons. The lowest BCUT2D eigenvalue weighted by molar-refractivity contribution is 0.149. The molecule has 0 amide bonds. The summed E-state index contributed by atoms with van der Waals surface area (Å²) in [6.45, 7) is 4.73. The Kier molecular flexibility index (Phi) is 6.71. The van der Waals surface area contributed by atoms with Crippen molar-refractivity contribution in [1.82, 2.24) is 0 Å². The molecule has 1 aromatic carbocycles. The van der Waals surface area contributed by atoms with Gasteiger partial charge in [-0.15, -0.1) is 0 Å². The topological polar surface area (TPSA) is 29.5 Å². The third-order valence-corrected chi connectivity index (χ3v) is 2.76. The van der Waals surface area contributed by atoms with Crippen molar-refractivity contribution < 1.29 is 9.84 Å². The summed E-state index contributed by atoms with van der Waals surface area (Å²) < 4.78 is 5.66. The minimum absolute atomic E-state index is 0.181. The van der Waals surface area contributed by atoms with E-state index in [4.69, 9.17) is 4.74 Å². The maximum Gasteiger partial charge on any atom is 0.119 e. The second kappa shape index (κ2) is 8.13. The van der Waals surface area contributed by atoms with Gasteiger partial charge in [-0.1, -0.05) is 26.0 Å². The Labute approximate surface area is 105 Å². The Hall–Kier alpha value is -1.02. The second-order valence-corrected chi connectivity index (χ2v) is 4.31. The number of hydrogen-bond donors (Lipinski definition) is 1. The quantitative estimate of drug-likeness (QED) is 0.700. The van der Waals surface area contributed by atoms with E-state index in [1.54, 1.807) is 0 Å². The molecule has 0 aliphatic heterocycles. The minimum atomic E-state index is -0.181. The van der Waals surface area contributed by atoms with Crippen molar-refractivity contribution in [2.45, 2.75) is 45.6 Å². The summed E-state index contributed by atoms with van der Waals surface area (Å²) in [6, 6.07) is 8.19. The molecule has 0 saturated carbocycles. The fraction of sp³-hybridized carbons (Fsp3) is 0.533. The van der Waals surface area contributed by atoms with Crippen molar-refractivity contribution >= 4 is 0 Å². The fourth-order valence-corrected chi connectivity index (χ4v) is 1.71. The van der Waals surface area contributed by atoms with Crippen LogP contribution in [-0.4, -0.2) is 17.8 Å². The molecule has 1 rings (SSSR count). The normalized spacial score (nSPS) is 12.4. The Morgan fingerprint density at radius 3 is 2.94 bits per heavy atom. The van der Waals surface area contributed by atoms with E-state index in [0.29, 0.717) is 6.61 Å². The molecule has 1 aromatic rings. The first-order valence-electron chi connectivity index (χ1n) is 6.44. The van der Waals surface area contributed by atoms with Crippen LogP contribution in [0.15, 0.2) is 24.3 Å². The number of ether oxygens (including phenoxy) is 1. The number of aliphatic hydroxyl groups excluding tert-OH is 1. The van der Waals surface area contributed by atoms with Gasteiger partial charge < -0.3 is 9.84 Å². The number of benzene rings is 1. The first kappa shape index (κ1) is 14.0. The predicted molar refractivity (Wildman–Crippen MR) is 71.1 cm³/mol. The maximum atomic E-state index is 9.41. The highest BCUT2D eigenvalue weighted by molar-refractivity contribution is 5.29. The summed E-state index contributed by atoms with van der Waals surface area (Å²) in [5, 5.41) is 9.41. The molecule has 0 aliphatic carbocycles. The van der Waals surface area contributed by atoms with E-state index in [-0.39, 0.29) is 6.10 Å². The van der Waals surface area contributed by atoms with Crippen molar-refractivity contribution in [3.05, 3.63) is 36.2 Å². The molecule has 1 atom stereocenters. The van der Waals surface area contributed by atoms with E-state index in [2.05, 4.69) is 25.5 Å². The van der Waals surface area contributed by atoms with Crippen molar-refractivity contribution in [1.29, 1.82) is 0 Å². The molecule has 0 aromatic heterocycles. The van der Waals surface area contributed by atoms with Crippen molar-refractivity contribution in [2.75, 3.05) is 6.61 Å². The largest absolute Gasteiger partial charge is 0.494 e. The predicted octanol–water partition coefficient (Wildman–Crippen LogP) is 3.38. The van der Waals surface area contributed by atoms with E-state index in [1.165, 1.54) is 5.56 Å². The third kappa shape index (κ3) is 5.73. The van der Waals surface area contributed by atoms with Crippen LogP contribution >= 0.6 is 0 Å². The molecule has 17 heavy (non-hydrogen) atoms. The van der Waals surface area contributed by atoms with Crippen LogP contribution in [0.1, 0.15) is 38.7 Å². The summed E-state index contributed by atoms with van der Waals surface area (Å²) in [4.78, 5) is 0. The van der Waals surface area contributed by atoms with E-state index in [0.717, 1.165) is 31.4 Å². The van der Waals surface area contributed by atoms with Crippen molar-refractivity contribution in [3.63, 3.8) is 0 Å². The summed E-state index contributed by atoms with van der Waals surface area (Å²) >= 11 is 0. The van der Waals surface area contributed by atoms with Crippen LogP contribution < -0.4 is 4.74 Å². The lowest BCUT2D eigenvalue weighted by Crippen LogP contribution is -2.07. The molecule has 0 heterocycles. The van der Waals surface area contributed by atoms with Gasteiger partial charge in [-0.25, -0.2) is 0 Å². The molecule has 0 saturated heterocycles. The highest BCUT2D eigenvalue weighted by Gasteiger charge is 2.01. The molecule has 1 unspecified atom stereocenters. The second-order valence-electron chi connectivity index (χ2n) is 4.31. The molecule has 0 spiro atoms. The molecule has 0 fully saturated rings. The van der Waals surface area contributed by atoms with Gasteiger partial charge in [0, 0.05) is 0 Å². The zero-order valence-corrected chi connectivity index (χ0v) is 10.9. The van der Waals surface area contributed by atoms with Gasteiger partial charge in [0.25, 0.3) is 0 Å². The Balaban J connectivity index is 2.28. The zero-order chi connectivity index (χ0) is 12.5. The molecule has 2 heteroatoms. The smallest absolute Gasteiger partial charge is 0.119 e. The van der Waals surface area contributed by atoms with Crippen LogP contribution in [-0.2, 0) is 6.42 Å². The molecule has 1 N–H and O–H groups in total. The highest BCUT2D eigenvalue weighted by Crippen LogP contribution is 2.15. The molecule has 0 aliphatic rings. The average molecular weight is 235 g/mol. The third-order valence-electron chi connectivity index (χ3n) is 2.76. The van der Waals surface area contributed by atoms with Crippen molar-refractivity contribution in [3.8, 4) is 5.75 Å². The monoisotopic (exact) mass is 235 g/mol. The lowest BCUT2D eigenvalue weighted by Gasteiger charge is -2.09. The van der Waals surface area contributed by atoms with Gasteiger partial charge >= 0.3 is 0 Å². The molecule has 2 nitrogen and oxygen atoms in total. The van der Waals surface area contributed by atoms with E-state index >= 15 is 0 Å². The van der Waals surface area contributed by atoms with Crippen LogP contribution in [0.2, 0.25) is 0 Å². The lowest BCUT2D eigenvalue weighted by atomic mass is 10.1. The van der Waals surface area contributed by atoms with Crippen LogP contribution in [0.5, 0.6) is 5.75 Å². The molecular weight excluding hydrogens is 212 g/mol. The maximum absolute atomic E-state index is 9.41. The molecule has 1 radical (unpaired) electrons. The SMILES string of the molecule is C[CH]Cc1cccc(OCCCC(O)CC)c1. The van der Waals surface area contributed by atoms with E-state index < -0.39 is 0 Å². The van der Waals surface area contributed by atoms with Gasteiger partial charge in [0.15, 0.2) is 0 Å². The Bertz CT molecular complexity index is 310. The van der Waals surface area contributed by atoms with Gasteiger partial charge in [-0.2, -0.15) is 0 Å². The van der Waals surface area contributed by atoms with E-state index in [1.807, 2.05) is 19.1 Å². The van der Waals surface area contributed by atoms with Crippen molar-refractivity contribution in [2.24, 2.45) is 0 Å². The summed E-state index contributed by atoms with van der Waals surface area (Å²) in [6.07, 6.45) is 5.47. The van der Waals surface area contributed by atoms with Crippen LogP contribution in [0.4, 0.5) is 0 Å². The van der Waals surface area contributed by atoms with Crippen LogP contribution in [0.3, 0.4) is 0 Å². The zero-order valence-electron chi connectivity index (χ0n) is 10.9. The first-order chi connectivity index (χ1) is 8.26. The molecular formula is C15H23O2. The highest BCUT2D eigenvalue weighted by atomic mass is 16.5. The Morgan fingerprint density at radius 1 is 1.41 bits per heavy atom. The minimum Gasteiger partial charge on any atom is -0.494 e. The van der Waals surface area contributed by atoms with E-state index in [9.17, 15) is 5.11 Å². The standard InChI is InChI=1S/C15H23O2/c1-3-7-13-8-5-10-15(12-13)17-11-6-9-14(16)4-2/h3,5,8,10,12,14,16H,4,6-7,9,11H2,1-2H3. The summed E-state index contributed by atoms with van der Waals surface area (Å²) in [5.41, 5.74) is 1.28. The van der Waals surface area contributed by atoms with Crippen LogP contribution in [0.25, 0.3) is 0 Å². The molecule has 0 bridgehead atoms. The van der Waals surface area contributed by atoms with Gasteiger partial charge in [-0.05, 0) is 49.8 Å². The summed E-state index contributed by atoms with van der Waals surface area (Å²) in [5.74, 6) is 0.926. The van der Waals surface area contributed by atoms with Gasteiger partial charge in [-0.3, -0.25) is 0 Å². The number of rotatable bonds is 8. The summed E-state index contributed by atoms with van der Waals surface area (Å²) in [7, 11) is 0. The Morgan fingerprint density at radius 2 is 2.24 bits per heavy atom.